The van der Waals surface area contributed by atoms with Crippen molar-refractivity contribution in [2.75, 3.05) is 20.2 Å². The maximum absolute atomic E-state index is 12.3. The maximum atomic E-state index is 12.3. The molecular weight excluding hydrogens is 438 g/mol. The second-order valence-electron chi connectivity index (χ2n) is 13.5. The fraction of sp³-hybridized carbons (Fsp3) is 0.733. The Bertz CT molecular complexity index is 1090. The van der Waals surface area contributed by atoms with Crippen LogP contribution >= 0.6 is 0 Å². The van der Waals surface area contributed by atoms with Crippen LogP contribution < -0.4 is 4.74 Å². The van der Waals surface area contributed by atoms with E-state index in [1.807, 2.05) is 26.2 Å². The molecule has 0 amide bonds. The summed E-state index contributed by atoms with van der Waals surface area (Å²) in [6.07, 6.45) is 7.78. The summed E-state index contributed by atoms with van der Waals surface area (Å²) in [4.78, 5) is 2.70. The molecule has 6 aliphatic rings. The van der Waals surface area contributed by atoms with Crippen LogP contribution in [-0.2, 0) is 16.6 Å². The number of nitrogens with zero attached hydrogens (tertiary/aromatic N) is 1. The van der Waals surface area contributed by atoms with Gasteiger partial charge in [0.25, 0.3) is 0 Å². The van der Waals surface area contributed by atoms with E-state index in [9.17, 15) is 10.2 Å². The lowest BCUT2D eigenvalue weighted by atomic mass is 9.30. The van der Waals surface area contributed by atoms with Gasteiger partial charge in [0.2, 0.25) is 0 Å². The second-order valence-corrected chi connectivity index (χ2v) is 13.5. The van der Waals surface area contributed by atoms with E-state index in [4.69, 9.17) is 9.47 Å². The highest BCUT2D eigenvalue weighted by atomic mass is 16.6. The van der Waals surface area contributed by atoms with Gasteiger partial charge in [0, 0.05) is 36.6 Å². The standard InChI is InChI=1S/C30H43NO4/c1-8-9-15-31-16-14-29-23-19-10-11-20(32)24(23)35-27(29,6)30(34-7)13-12-28(29,22(31)17-19)18-21(30)26(5,33)25(2,3)4/h8,10-11,21-22,32-33H,1,9,12-18H2,2-7H3/t21-,22?,26+,27+,28-,29+,30-/m1/s1. The Hall–Kier alpha value is -1.56. The fourth-order valence-corrected chi connectivity index (χ4v) is 9.92. The summed E-state index contributed by atoms with van der Waals surface area (Å²) in [7, 11) is 1.82. The van der Waals surface area contributed by atoms with E-state index in [-0.39, 0.29) is 27.9 Å². The number of benzene rings is 1. The van der Waals surface area contributed by atoms with E-state index in [1.54, 1.807) is 0 Å². The first-order valence-electron chi connectivity index (χ1n) is 13.5. The van der Waals surface area contributed by atoms with Crippen LogP contribution in [0.15, 0.2) is 24.8 Å². The summed E-state index contributed by atoms with van der Waals surface area (Å²) in [5, 5.41) is 23.3. The molecule has 0 radical (unpaired) electrons. The molecule has 5 nitrogen and oxygen atoms in total. The van der Waals surface area contributed by atoms with E-state index in [0.29, 0.717) is 11.8 Å². The van der Waals surface area contributed by atoms with E-state index in [2.05, 4.69) is 45.2 Å². The molecule has 1 aromatic carbocycles. The zero-order valence-electron chi connectivity index (χ0n) is 22.4. The predicted octanol–water partition coefficient (Wildman–Crippen LogP) is 4.97. The number of rotatable bonds is 5. The summed E-state index contributed by atoms with van der Waals surface area (Å²) in [5.41, 5.74) is -0.339. The van der Waals surface area contributed by atoms with Crippen molar-refractivity contribution < 1.29 is 19.7 Å². The highest BCUT2D eigenvalue weighted by Gasteiger charge is 2.86. The maximum Gasteiger partial charge on any atom is 0.166 e. The molecule has 2 spiro atoms. The number of aromatic hydroxyl groups is 1. The topological polar surface area (TPSA) is 62.2 Å². The van der Waals surface area contributed by atoms with Gasteiger partial charge >= 0.3 is 0 Å². The predicted molar refractivity (Wildman–Crippen MR) is 137 cm³/mol. The minimum absolute atomic E-state index is 0.0482. The smallest absolute Gasteiger partial charge is 0.166 e. The Balaban J connectivity index is 1.65. The van der Waals surface area contributed by atoms with Crippen molar-refractivity contribution >= 4 is 0 Å². The van der Waals surface area contributed by atoms with Crippen LogP contribution in [0.4, 0.5) is 0 Å². The fourth-order valence-electron chi connectivity index (χ4n) is 9.92. The average Bonchev–Trinajstić information content (AvgIpc) is 3.09. The molecule has 1 aromatic rings. The lowest BCUT2D eigenvalue weighted by Gasteiger charge is -2.78. The quantitative estimate of drug-likeness (QED) is 0.582. The SMILES string of the molecule is C=CCCN1CC[C@]23c4c5ccc(O)c4O[C@]2(C)[C@@]2(OC)CC[C@@]3(C[C@@H]2[C@](C)(O)C(C)(C)C)C1C5. The number of hydrogen-bond acceptors (Lipinski definition) is 5. The van der Waals surface area contributed by atoms with Crippen molar-refractivity contribution in [3.8, 4) is 11.5 Å². The third-order valence-corrected chi connectivity index (χ3v) is 11.9. The molecule has 4 bridgehead atoms. The van der Waals surface area contributed by atoms with Crippen LogP contribution in [0.1, 0.15) is 77.8 Å². The van der Waals surface area contributed by atoms with E-state index in [0.717, 1.165) is 51.6 Å². The molecule has 4 aliphatic carbocycles. The van der Waals surface area contributed by atoms with Gasteiger partial charge in [-0.1, -0.05) is 32.9 Å². The van der Waals surface area contributed by atoms with Crippen molar-refractivity contribution in [3.05, 3.63) is 35.9 Å². The summed E-state index contributed by atoms with van der Waals surface area (Å²) in [6.45, 7) is 16.7. The molecule has 1 saturated heterocycles. The first kappa shape index (κ1) is 23.8. The van der Waals surface area contributed by atoms with Crippen LogP contribution in [0.2, 0.25) is 0 Å². The van der Waals surface area contributed by atoms with Crippen LogP contribution in [0.25, 0.3) is 0 Å². The Labute approximate surface area is 210 Å². The number of phenols is 1. The molecule has 7 rings (SSSR count). The molecule has 35 heavy (non-hydrogen) atoms. The number of piperidine rings is 1. The van der Waals surface area contributed by atoms with Crippen molar-refractivity contribution in [2.45, 2.75) is 101 Å². The largest absolute Gasteiger partial charge is 0.504 e. The van der Waals surface area contributed by atoms with Gasteiger partial charge in [-0.3, -0.25) is 4.90 Å². The molecule has 4 fully saturated rings. The zero-order chi connectivity index (χ0) is 25.2. The molecule has 2 heterocycles. The number of methoxy groups -OCH3 is 1. The summed E-state index contributed by atoms with van der Waals surface area (Å²) >= 11 is 0. The number of aliphatic hydroxyl groups is 1. The van der Waals surface area contributed by atoms with Gasteiger partial charge < -0.3 is 19.7 Å². The molecule has 2 aliphatic heterocycles. The normalized spacial score (nSPS) is 42.8. The van der Waals surface area contributed by atoms with Crippen LogP contribution in [0.3, 0.4) is 0 Å². The van der Waals surface area contributed by atoms with E-state index < -0.39 is 16.8 Å². The lowest BCUT2D eigenvalue weighted by molar-refractivity contribution is -0.345. The summed E-state index contributed by atoms with van der Waals surface area (Å²) < 4.78 is 13.7. The van der Waals surface area contributed by atoms with Crippen molar-refractivity contribution in [2.24, 2.45) is 16.7 Å². The third kappa shape index (κ3) is 2.34. The molecule has 5 heteroatoms. The van der Waals surface area contributed by atoms with Gasteiger partial charge in [0.05, 0.1) is 11.0 Å². The molecule has 0 aromatic heterocycles. The number of ether oxygens (including phenoxy) is 2. The molecule has 2 N–H and O–H groups in total. The minimum atomic E-state index is -0.957. The highest BCUT2D eigenvalue weighted by molar-refractivity contribution is 5.65. The van der Waals surface area contributed by atoms with Crippen LogP contribution in [-0.4, -0.2) is 58.2 Å². The molecule has 7 atom stereocenters. The second kappa shape index (κ2) is 6.85. The molecule has 3 saturated carbocycles. The minimum Gasteiger partial charge on any atom is -0.504 e. The molecular formula is C30H43NO4. The van der Waals surface area contributed by atoms with Gasteiger partial charge in [-0.05, 0) is 76.0 Å². The highest BCUT2D eigenvalue weighted by Crippen LogP contribution is 2.81. The van der Waals surface area contributed by atoms with E-state index >= 15 is 0 Å². The van der Waals surface area contributed by atoms with Gasteiger partial charge in [-0.15, -0.1) is 6.58 Å². The summed E-state index contributed by atoms with van der Waals surface area (Å²) in [6, 6.07) is 4.32. The monoisotopic (exact) mass is 481 g/mol. The Morgan fingerprint density at radius 1 is 1.23 bits per heavy atom. The number of likely N-dealkylation sites (tertiary alicyclic amines) is 1. The Morgan fingerprint density at radius 3 is 2.63 bits per heavy atom. The average molecular weight is 482 g/mol. The summed E-state index contributed by atoms with van der Waals surface area (Å²) in [5.74, 6) is 0.819. The lowest BCUT2D eigenvalue weighted by Crippen LogP contribution is -2.87. The van der Waals surface area contributed by atoms with Crippen molar-refractivity contribution in [3.63, 3.8) is 0 Å². The van der Waals surface area contributed by atoms with E-state index in [1.165, 1.54) is 11.1 Å². The molecule has 1 unspecified atom stereocenters. The number of hydrogen-bond donors (Lipinski definition) is 2. The third-order valence-electron chi connectivity index (χ3n) is 11.9. The number of phenolic OH excluding ortho intramolecular Hbond substituents is 1. The van der Waals surface area contributed by atoms with Gasteiger partial charge in [-0.2, -0.15) is 0 Å². The first-order valence-corrected chi connectivity index (χ1v) is 13.5. The number of fused-ring (bicyclic) bond motifs is 2. The Morgan fingerprint density at radius 2 is 1.97 bits per heavy atom. The van der Waals surface area contributed by atoms with Gasteiger partial charge in [-0.25, -0.2) is 0 Å². The zero-order valence-corrected chi connectivity index (χ0v) is 22.4. The van der Waals surface area contributed by atoms with Crippen molar-refractivity contribution in [1.82, 2.24) is 4.90 Å². The first-order chi connectivity index (χ1) is 16.4. The molecule has 192 valence electrons. The Kier molecular flexibility index (Phi) is 4.66. The van der Waals surface area contributed by atoms with Gasteiger partial charge in [0.15, 0.2) is 11.5 Å². The van der Waals surface area contributed by atoms with Crippen LogP contribution in [0.5, 0.6) is 11.5 Å². The van der Waals surface area contributed by atoms with Crippen LogP contribution in [0, 0.1) is 16.7 Å². The van der Waals surface area contributed by atoms with Crippen molar-refractivity contribution in [1.29, 1.82) is 0 Å². The van der Waals surface area contributed by atoms with Gasteiger partial charge in [0.1, 0.15) is 11.2 Å².